The highest BCUT2D eigenvalue weighted by atomic mass is 16.4. The molecule has 3 unspecified atom stereocenters. The molecule has 0 bridgehead atoms. The van der Waals surface area contributed by atoms with Crippen LogP contribution in [0.15, 0.2) is 22.6 Å². The molecule has 1 fully saturated rings. The molecule has 19 heavy (non-hydrogen) atoms. The molecule has 1 heterocycles. The van der Waals surface area contributed by atoms with Crippen LogP contribution in [0.25, 0.3) is 11.1 Å². The van der Waals surface area contributed by atoms with E-state index in [4.69, 9.17) is 10.2 Å². The molecule has 1 aromatic heterocycles. The zero-order valence-electron chi connectivity index (χ0n) is 11.5. The van der Waals surface area contributed by atoms with E-state index in [1.807, 2.05) is 18.2 Å². The predicted molar refractivity (Wildman–Crippen MR) is 78.0 cm³/mol. The highest BCUT2D eigenvalue weighted by Crippen LogP contribution is 2.31. The number of rotatable bonds is 2. The molecule has 1 aromatic carbocycles. The van der Waals surface area contributed by atoms with Crippen molar-refractivity contribution >= 4 is 22.8 Å². The summed E-state index contributed by atoms with van der Waals surface area (Å²) in [5.74, 6) is 1.49. The minimum absolute atomic E-state index is 0.460. The van der Waals surface area contributed by atoms with Gasteiger partial charge in [-0.3, -0.25) is 0 Å². The number of oxazole rings is 1. The molecular formula is C15H21N3O. The van der Waals surface area contributed by atoms with Crippen LogP contribution in [0.5, 0.6) is 0 Å². The highest BCUT2D eigenvalue weighted by Gasteiger charge is 2.26. The molecule has 0 saturated heterocycles. The summed E-state index contributed by atoms with van der Waals surface area (Å²) < 4.78 is 5.72. The molecule has 102 valence electrons. The van der Waals surface area contributed by atoms with E-state index < -0.39 is 0 Å². The molecule has 0 spiro atoms. The van der Waals surface area contributed by atoms with Crippen molar-refractivity contribution < 1.29 is 4.42 Å². The summed E-state index contributed by atoms with van der Waals surface area (Å²) in [5, 5.41) is 3.44. The summed E-state index contributed by atoms with van der Waals surface area (Å²) in [6.07, 6.45) is 3.73. The van der Waals surface area contributed by atoms with E-state index in [-0.39, 0.29) is 0 Å². The van der Waals surface area contributed by atoms with E-state index in [1.165, 1.54) is 19.3 Å². The maximum Gasteiger partial charge on any atom is 0.295 e. The smallest absolute Gasteiger partial charge is 0.295 e. The highest BCUT2D eigenvalue weighted by molar-refractivity contribution is 5.78. The van der Waals surface area contributed by atoms with Gasteiger partial charge in [-0.15, -0.1) is 0 Å². The average molecular weight is 259 g/mol. The lowest BCUT2D eigenvalue weighted by Crippen LogP contribution is -2.33. The van der Waals surface area contributed by atoms with Gasteiger partial charge in [0.2, 0.25) is 0 Å². The Labute approximate surface area is 113 Å². The van der Waals surface area contributed by atoms with Gasteiger partial charge >= 0.3 is 0 Å². The Hall–Kier alpha value is -1.71. The van der Waals surface area contributed by atoms with Crippen molar-refractivity contribution in [1.29, 1.82) is 0 Å². The summed E-state index contributed by atoms with van der Waals surface area (Å²) >= 11 is 0. The summed E-state index contributed by atoms with van der Waals surface area (Å²) in [6.45, 7) is 4.63. The van der Waals surface area contributed by atoms with Crippen molar-refractivity contribution in [2.45, 2.75) is 39.2 Å². The van der Waals surface area contributed by atoms with Gasteiger partial charge in [0.15, 0.2) is 5.58 Å². The first-order valence-electron chi connectivity index (χ1n) is 7.04. The number of benzene rings is 1. The topological polar surface area (TPSA) is 64.1 Å². The van der Waals surface area contributed by atoms with Crippen LogP contribution in [0, 0.1) is 11.8 Å². The second-order valence-corrected chi connectivity index (χ2v) is 5.89. The second-order valence-electron chi connectivity index (χ2n) is 5.89. The standard InChI is InChI=1S/C15H21N3O/c1-9-3-5-12(10(2)7-9)17-15-18-13-8-11(16)4-6-14(13)19-15/h4,6,8-10,12H,3,5,7,16H2,1-2H3,(H,17,18). The first-order valence-corrected chi connectivity index (χ1v) is 7.04. The van der Waals surface area contributed by atoms with Crippen LogP contribution in [0.3, 0.4) is 0 Å². The largest absolute Gasteiger partial charge is 0.424 e. The van der Waals surface area contributed by atoms with Crippen molar-refractivity contribution in [3.63, 3.8) is 0 Å². The molecular weight excluding hydrogens is 238 g/mol. The summed E-state index contributed by atoms with van der Waals surface area (Å²) in [6, 6.07) is 6.63. The van der Waals surface area contributed by atoms with Gasteiger partial charge in [-0.05, 0) is 49.3 Å². The van der Waals surface area contributed by atoms with E-state index in [9.17, 15) is 0 Å². The van der Waals surface area contributed by atoms with Crippen molar-refractivity contribution in [2.75, 3.05) is 11.1 Å². The van der Waals surface area contributed by atoms with Crippen molar-refractivity contribution in [2.24, 2.45) is 11.8 Å². The number of nitrogens with two attached hydrogens (primary N) is 1. The van der Waals surface area contributed by atoms with E-state index >= 15 is 0 Å². The minimum Gasteiger partial charge on any atom is -0.424 e. The average Bonchev–Trinajstić information content (AvgIpc) is 2.74. The Bertz CT molecular complexity index is 578. The molecule has 3 N–H and O–H groups in total. The quantitative estimate of drug-likeness (QED) is 0.808. The van der Waals surface area contributed by atoms with Crippen LogP contribution >= 0.6 is 0 Å². The van der Waals surface area contributed by atoms with Gasteiger partial charge < -0.3 is 15.5 Å². The number of anilines is 2. The Morgan fingerprint density at radius 1 is 1.32 bits per heavy atom. The zero-order chi connectivity index (χ0) is 13.4. The molecule has 0 aliphatic heterocycles. The zero-order valence-corrected chi connectivity index (χ0v) is 11.5. The summed E-state index contributed by atoms with van der Waals surface area (Å²) in [7, 11) is 0. The number of nitrogen functional groups attached to an aromatic ring is 1. The lowest BCUT2D eigenvalue weighted by atomic mass is 9.80. The van der Waals surface area contributed by atoms with Crippen LogP contribution in [-0.4, -0.2) is 11.0 Å². The van der Waals surface area contributed by atoms with Crippen LogP contribution in [0.1, 0.15) is 33.1 Å². The number of aromatic nitrogens is 1. The molecule has 1 saturated carbocycles. The fourth-order valence-corrected chi connectivity index (χ4v) is 3.04. The lowest BCUT2D eigenvalue weighted by molar-refractivity contribution is 0.273. The molecule has 0 radical (unpaired) electrons. The van der Waals surface area contributed by atoms with Crippen LogP contribution in [0.2, 0.25) is 0 Å². The third-order valence-corrected chi connectivity index (χ3v) is 4.15. The molecule has 4 heteroatoms. The predicted octanol–water partition coefficient (Wildman–Crippen LogP) is 3.65. The third kappa shape index (κ3) is 2.53. The van der Waals surface area contributed by atoms with Crippen LogP contribution < -0.4 is 11.1 Å². The van der Waals surface area contributed by atoms with E-state index in [0.29, 0.717) is 23.7 Å². The maximum atomic E-state index is 5.75. The molecule has 1 aliphatic rings. The minimum atomic E-state index is 0.460. The Kier molecular flexibility index (Phi) is 3.09. The fraction of sp³-hybridized carbons (Fsp3) is 0.533. The first kappa shape index (κ1) is 12.3. The van der Waals surface area contributed by atoms with Gasteiger partial charge in [0.25, 0.3) is 6.01 Å². The lowest BCUT2D eigenvalue weighted by Gasteiger charge is -2.32. The fourth-order valence-electron chi connectivity index (χ4n) is 3.04. The van der Waals surface area contributed by atoms with Gasteiger partial charge in [0, 0.05) is 11.7 Å². The number of nitrogens with one attached hydrogen (secondary N) is 1. The first-order chi connectivity index (χ1) is 9.11. The van der Waals surface area contributed by atoms with E-state index in [0.717, 1.165) is 17.0 Å². The maximum absolute atomic E-state index is 5.75. The Balaban J connectivity index is 1.77. The van der Waals surface area contributed by atoms with Gasteiger partial charge in [0.05, 0.1) is 0 Å². The van der Waals surface area contributed by atoms with Crippen LogP contribution in [-0.2, 0) is 0 Å². The number of fused-ring (bicyclic) bond motifs is 1. The number of hydrogen-bond acceptors (Lipinski definition) is 4. The van der Waals surface area contributed by atoms with Crippen molar-refractivity contribution in [3.05, 3.63) is 18.2 Å². The van der Waals surface area contributed by atoms with E-state index in [2.05, 4.69) is 24.1 Å². The summed E-state index contributed by atoms with van der Waals surface area (Å²) in [5.41, 5.74) is 8.07. The van der Waals surface area contributed by atoms with Gasteiger partial charge in [0.1, 0.15) is 5.52 Å². The van der Waals surface area contributed by atoms with Gasteiger partial charge in [-0.25, -0.2) is 0 Å². The van der Waals surface area contributed by atoms with Crippen molar-refractivity contribution in [1.82, 2.24) is 4.98 Å². The summed E-state index contributed by atoms with van der Waals surface area (Å²) in [4.78, 5) is 4.46. The van der Waals surface area contributed by atoms with Gasteiger partial charge in [-0.1, -0.05) is 13.8 Å². The van der Waals surface area contributed by atoms with Gasteiger partial charge in [-0.2, -0.15) is 4.98 Å². The third-order valence-electron chi connectivity index (χ3n) is 4.15. The molecule has 2 aromatic rings. The molecule has 4 nitrogen and oxygen atoms in total. The monoisotopic (exact) mass is 259 g/mol. The number of hydrogen-bond donors (Lipinski definition) is 2. The number of nitrogens with zero attached hydrogens (tertiary/aromatic N) is 1. The Morgan fingerprint density at radius 2 is 2.16 bits per heavy atom. The van der Waals surface area contributed by atoms with E-state index in [1.54, 1.807) is 0 Å². The second kappa shape index (κ2) is 4.76. The van der Waals surface area contributed by atoms with Crippen molar-refractivity contribution in [3.8, 4) is 0 Å². The molecule has 0 amide bonds. The SMILES string of the molecule is CC1CCC(Nc2nc3cc(N)ccc3o2)C(C)C1. The molecule has 3 rings (SSSR count). The normalized spacial score (nSPS) is 27.6. The molecule has 1 aliphatic carbocycles. The molecule has 3 atom stereocenters. The van der Waals surface area contributed by atoms with Crippen LogP contribution in [0.4, 0.5) is 11.7 Å². The Morgan fingerprint density at radius 3 is 2.95 bits per heavy atom.